The van der Waals surface area contributed by atoms with Gasteiger partial charge in [0, 0.05) is 41.8 Å². The molecule has 2 aromatic carbocycles. The maximum Gasteiger partial charge on any atom is 0.337 e. The van der Waals surface area contributed by atoms with Gasteiger partial charge in [0.2, 0.25) is 0 Å². The molecule has 0 radical (unpaired) electrons. The van der Waals surface area contributed by atoms with E-state index in [-0.39, 0.29) is 35.9 Å². The number of nitrogens with zero attached hydrogens (tertiary/aromatic N) is 2. The summed E-state index contributed by atoms with van der Waals surface area (Å²) < 4.78 is 4.74. The number of halogens is 2. The monoisotopic (exact) mass is 477 g/mol. The summed E-state index contributed by atoms with van der Waals surface area (Å²) in [6, 6.07) is 15.2. The van der Waals surface area contributed by atoms with Crippen LogP contribution in [0, 0.1) is 0 Å². The first-order chi connectivity index (χ1) is 15.0. The average molecular weight is 478 g/mol. The third-order valence-electron chi connectivity index (χ3n) is 6.82. The summed E-state index contributed by atoms with van der Waals surface area (Å²) in [5.41, 5.74) is 8.61. The Kier molecular flexibility index (Phi) is 7.70. The highest BCUT2D eigenvalue weighted by Crippen LogP contribution is 2.41. The summed E-state index contributed by atoms with van der Waals surface area (Å²) in [5, 5.41) is 0.732. The van der Waals surface area contributed by atoms with E-state index < -0.39 is 0 Å². The lowest BCUT2D eigenvalue weighted by atomic mass is 9.68. The van der Waals surface area contributed by atoms with Crippen LogP contribution in [0.1, 0.15) is 41.6 Å². The van der Waals surface area contributed by atoms with Gasteiger partial charge in [0.1, 0.15) is 0 Å². The smallest absolute Gasteiger partial charge is 0.337 e. The molecule has 0 atom stereocenters. The van der Waals surface area contributed by atoms with Crippen LogP contribution in [0.3, 0.4) is 0 Å². The largest absolute Gasteiger partial charge is 0.465 e. The predicted molar refractivity (Wildman–Crippen MR) is 129 cm³/mol. The van der Waals surface area contributed by atoms with Crippen LogP contribution in [0.5, 0.6) is 0 Å². The van der Waals surface area contributed by atoms with Crippen molar-refractivity contribution in [2.75, 3.05) is 31.6 Å². The molecule has 0 unspecified atom stereocenters. The third kappa shape index (κ3) is 4.58. The van der Waals surface area contributed by atoms with E-state index in [9.17, 15) is 9.59 Å². The number of benzene rings is 2. The fourth-order valence-corrected chi connectivity index (χ4v) is 5.11. The van der Waals surface area contributed by atoms with Crippen molar-refractivity contribution in [3.05, 3.63) is 64.7 Å². The Balaban J connectivity index is 0.00000289. The predicted octanol–water partition coefficient (Wildman–Crippen LogP) is 4.63. The molecule has 0 aromatic heterocycles. The molecule has 172 valence electrons. The number of urea groups is 1. The zero-order valence-electron chi connectivity index (χ0n) is 18.1. The molecule has 8 heteroatoms. The Labute approximate surface area is 200 Å². The molecular formula is C24H29Cl2N3O3. The molecule has 2 fully saturated rings. The van der Waals surface area contributed by atoms with Crippen LogP contribution in [-0.2, 0) is 10.2 Å². The van der Waals surface area contributed by atoms with Crippen molar-refractivity contribution in [3.63, 3.8) is 0 Å². The molecule has 1 aliphatic heterocycles. The Morgan fingerprint density at radius 1 is 1.16 bits per heavy atom. The molecule has 4 rings (SSSR count). The molecule has 2 N–H and O–H groups in total. The molecule has 6 nitrogen and oxygen atoms in total. The van der Waals surface area contributed by atoms with E-state index in [0.717, 1.165) is 36.4 Å². The van der Waals surface area contributed by atoms with Gasteiger partial charge in [-0.2, -0.15) is 0 Å². The molecule has 1 heterocycles. The molecule has 32 heavy (non-hydrogen) atoms. The Morgan fingerprint density at radius 3 is 2.44 bits per heavy atom. The second kappa shape index (κ2) is 10.1. The van der Waals surface area contributed by atoms with Crippen molar-refractivity contribution in [2.24, 2.45) is 5.73 Å². The van der Waals surface area contributed by atoms with Gasteiger partial charge in [-0.05, 0) is 67.6 Å². The summed E-state index contributed by atoms with van der Waals surface area (Å²) in [6.07, 6.45) is 3.72. The Bertz CT molecular complexity index is 959. The van der Waals surface area contributed by atoms with E-state index in [1.807, 2.05) is 23.1 Å². The van der Waals surface area contributed by atoms with Gasteiger partial charge in [-0.25, -0.2) is 9.59 Å². The maximum absolute atomic E-state index is 13.1. The molecule has 1 saturated heterocycles. The fourth-order valence-electron chi connectivity index (χ4n) is 4.92. The molecule has 0 spiro atoms. The van der Waals surface area contributed by atoms with Crippen LogP contribution in [0.4, 0.5) is 10.5 Å². The van der Waals surface area contributed by atoms with Crippen LogP contribution in [-0.4, -0.2) is 49.7 Å². The minimum atomic E-state index is -0.383. The number of nitrogens with two attached hydrogens (primary N) is 1. The highest BCUT2D eigenvalue weighted by molar-refractivity contribution is 6.30. The van der Waals surface area contributed by atoms with Crippen LogP contribution in [0.2, 0.25) is 5.02 Å². The minimum absolute atomic E-state index is 0. The lowest BCUT2D eigenvalue weighted by Gasteiger charge is -2.42. The number of hydrogen-bond donors (Lipinski definition) is 1. The van der Waals surface area contributed by atoms with Gasteiger partial charge in [0.05, 0.1) is 12.7 Å². The van der Waals surface area contributed by atoms with Crippen LogP contribution >= 0.6 is 24.0 Å². The number of anilines is 1. The molecular weight excluding hydrogens is 449 g/mol. The van der Waals surface area contributed by atoms with Crippen molar-refractivity contribution in [3.8, 4) is 0 Å². The van der Waals surface area contributed by atoms with Crippen molar-refractivity contribution < 1.29 is 14.3 Å². The van der Waals surface area contributed by atoms with Crippen molar-refractivity contribution in [1.82, 2.24) is 4.90 Å². The van der Waals surface area contributed by atoms with E-state index >= 15 is 0 Å². The van der Waals surface area contributed by atoms with Gasteiger partial charge in [0.15, 0.2) is 0 Å². The fraction of sp³-hybridized carbons (Fsp3) is 0.417. The Morgan fingerprint density at radius 2 is 1.84 bits per heavy atom. The molecule has 0 bridgehead atoms. The first-order valence-electron chi connectivity index (χ1n) is 10.7. The Hall–Kier alpha value is -2.28. The van der Waals surface area contributed by atoms with E-state index in [1.165, 1.54) is 12.7 Å². The summed E-state index contributed by atoms with van der Waals surface area (Å²) in [6.45, 7) is 1.92. The number of methoxy groups -OCH3 is 1. The number of rotatable bonds is 5. The highest BCUT2D eigenvalue weighted by Gasteiger charge is 2.41. The molecule has 1 saturated carbocycles. The number of hydrogen-bond acceptors (Lipinski definition) is 4. The summed E-state index contributed by atoms with van der Waals surface area (Å²) in [4.78, 5) is 28.6. The topological polar surface area (TPSA) is 75.9 Å². The van der Waals surface area contributed by atoms with E-state index in [0.29, 0.717) is 25.2 Å². The average Bonchev–Trinajstić information content (AvgIpc) is 3.20. The third-order valence-corrected chi connectivity index (χ3v) is 7.06. The molecule has 2 amide bonds. The van der Waals surface area contributed by atoms with E-state index in [4.69, 9.17) is 22.1 Å². The maximum atomic E-state index is 13.1. The molecule has 2 aromatic rings. The van der Waals surface area contributed by atoms with Gasteiger partial charge in [0.25, 0.3) is 0 Å². The van der Waals surface area contributed by atoms with E-state index in [2.05, 4.69) is 6.07 Å². The minimum Gasteiger partial charge on any atom is -0.465 e. The van der Waals surface area contributed by atoms with Gasteiger partial charge in [-0.15, -0.1) is 12.4 Å². The number of carbonyl (C=O) groups excluding carboxylic acids is 2. The van der Waals surface area contributed by atoms with Crippen molar-refractivity contribution >= 4 is 41.7 Å². The molecule has 1 aliphatic carbocycles. The van der Waals surface area contributed by atoms with Crippen LogP contribution in [0.15, 0.2) is 48.5 Å². The lowest BCUT2D eigenvalue weighted by molar-refractivity contribution is 0.0600. The SMILES string of the molecule is COC(=O)c1ccc(N2CCN([C@H]3CC[C@](CN)(c4cccc(Cl)c4)CC3)C2=O)cc1.Cl. The first kappa shape index (κ1) is 24.4. The molecule has 2 aliphatic rings. The van der Waals surface area contributed by atoms with Crippen molar-refractivity contribution in [1.29, 1.82) is 0 Å². The number of esters is 1. The van der Waals surface area contributed by atoms with Crippen LogP contribution < -0.4 is 10.6 Å². The van der Waals surface area contributed by atoms with Gasteiger partial charge in [-0.1, -0.05) is 23.7 Å². The highest BCUT2D eigenvalue weighted by atomic mass is 35.5. The standard InChI is InChI=1S/C24H28ClN3O3.ClH/c1-31-22(29)17-5-7-20(8-6-17)27-13-14-28(23(27)30)21-9-11-24(16-26,12-10-21)18-3-2-4-19(25)15-18;/h2-8,15,21H,9-14,16,26H2,1H3;1H/t21-,24-;. The van der Waals surface area contributed by atoms with Crippen molar-refractivity contribution in [2.45, 2.75) is 37.1 Å². The van der Waals surface area contributed by atoms with E-state index in [1.54, 1.807) is 29.2 Å². The van der Waals surface area contributed by atoms with Gasteiger partial charge in [-0.3, -0.25) is 4.90 Å². The summed E-state index contributed by atoms with van der Waals surface area (Å²) >= 11 is 6.22. The first-order valence-corrected chi connectivity index (χ1v) is 11.1. The quantitative estimate of drug-likeness (QED) is 0.636. The summed E-state index contributed by atoms with van der Waals surface area (Å²) in [5.74, 6) is -0.383. The summed E-state index contributed by atoms with van der Waals surface area (Å²) in [7, 11) is 1.36. The number of carbonyl (C=O) groups is 2. The second-order valence-corrected chi connectivity index (χ2v) is 8.83. The van der Waals surface area contributed by atoms with Gasteiger partial charge < -0.3 is 15.4 Å². The van der Waals surface area contributed by atoms with Crippen LogP contribution in [0.25, 0.3) is 0 Å². The zero-order valence-corrected chi connectivity index (χ0v) is 19.7. The second-order valence-electron chi connectivity index (χ2n) is 8.39. The van der Waals surface area contributed by atoms with Gasteiger partial charge >= 0.3 is 12.0 Å². The number of ether oxygens (including phenoxy) is 1. The number of amides is 2. The zero-order chi connectivity index (χ0) is 22.0. The normalized spacial score (nSPS) is 23.1. The lowest BCUT2D eigenvalue weighted by Crippen LogP contribution is -2.46.